The van der Waals surface area contributed by atoms with Crippen molar-refractivity contribution in [2.24, 2.45) is 0 Å². The second-order valence-corrected chi connectivity index (χ2v) is 6.04. The van der Waals surface area contributed by atoms with Crippen LogP contribution >= 0.6 is 11.6 Å². The van der Waals surface area contributed by atoms with Crippen LogP contribution in [0.3, 0.4) is 0 Å². The topological polar surface area (TPSA) is 73.3 Å². The predicted molar refractivity (Wildman–Crippen MR) is 93.1 cm³/mol. The van der Waals surface area contributed by atoms with Gasteiger partial charge in [0.25, 0.3) is 5.91 Å². The lowest BCUT2D eigenvalue weighted by atomic mass is 10.3. The van der Waals surface area contributed by atoms with E-state index in [-0.39, 0.29) is 5.91 Å². The summed E-state index contributed by atoms with van der Waals surface area (Å²) in [4.78, 5) is 20.2. The monoisotopic (exact) mass is 355 g/mol. The number of ether oxygens (including phenoxy) is 2. The first-order chi connectivity index (χ1) is 12.2. The molecule has 1 N–H and O–H groups in total. The van der Waals surface area contributed by atoms with Crippen molar-refractivity contribution in [1.82, 2.24) is 15.3 Å². The number of hydrogen-bond donors (Lipinski definition) is 1. The van der Waals surface area contributed by atoms with Crippen molar-refractivity contribution in [3.8, 4) is 17.4 Å². The van der Waals surface area contributed by atoms with Crippen LogP contribution in [0, 0.1) is 0 Å². The molecule has 1 saturated heterocycles. The van der Waals surface area contributed by atoms with Crippen LogP contribution in [0.1, 0.15) is 6.42 Å². The molecule has 25 heavy (non-hydrogen) atoms. The third kappa shape index (κ3) is 3.49. The van der Waals surface area contributed by atoms with Gasteiger partial charge in [-0.25, -0.2) is 9.97 Å². The Hall–Kier alpha value is -2.86. The van der Waals surface area contributed by atoms with Crippen molar-refractivity contribution >= 4 is 28.5 Å². The number of nitrogens with zero attached hydrogens (tertiary/aromatic N) is 2. The highest BCUT2D eigenvalue weighted by Gasteiger charge is 2.25. The number of benzene rings is 2. The zero-order valence-corrected chi connectivity index (χ0v) is 13.9. The van der Waals surface area contributed by atoms with Crippen molar-refractivity contribution < 1.29 is 14.3 Å². The molecule has 7 heteroatoms. The van der Waals surface area contributed by atoms with Crippen molar-refractivity contribution in [3.05, 3.63) is 53.7 Å². The maximum Gasteiger partial charge on any atom is 0.261 e. The normalized spacial score (nSPS) is 16.7. The molecule has 0 aliphatic carbocycles. The second kappa shape index (κ2) is 6.57. The van der Waals surface area contributed by atoms with E-state index in [4.69, 9.17) is 21.1 Å². The van der Waals surface area contributed by atoms with E-state index in [0.29, 0.717) is 40.9 Å². The smallest absolute Gasteiger partial charge is 0.261 e. The van der Waals surface area contributed by atoms with Gasteiger partial charge in [0.05, 0.1) is 17.2 Å². The summed E-state index contributed by atoms with van der Waals surface area (Å²) in [6, 6.07) is 12.3. The van der Waals surface area contributed by atoms with Crippen LogP contribution in [-0.4, -0.2) is 28.5 Å². The molecule has 4 rings (SSSR count). The number of amides is 1. The van der Waals surface area contributed by atoms with Gasteiger partial charge in [0.2, 0.25) is 5.88 Å². The molecule has 0 bridgehead atoms. The molecular formula is C18H14ClN3O3. The third-order valence-corrected chi connectivity index (χ3v) is 4.04. The standard InChI is InChI=1S/C18H14ClN3O3/c19-11-1-6-14-15(9-11)22-17(10-21-14)25-13-4-2-12(3-5-13)24-16-7-8-20-18(16)23/h1-6,9-10,16H,7-8H2,(H,20,23)/t16-/m0/s1. The Morgan fingerprint density at radius 2 is 1.88 bits per heavy atom. The van der Waals surface area contributed by atoms with Crippen LogP contribution in [0.2, 0.25) is 5.02 Å². The van der Waals surface area contributed by atoms with Crippen molar-refractivity contribution in [2.45, 2.75) is 12.5 Å². The molecule has 2 heterocycles. The van der Waals surface area contributed by atoms with Gasteiger partial charge >= 0.3 is 0 Å². The summed E-state index contributed by atoms with van der Waals surface area (Å²) in [6.07, 6.45) is 1.80. The van der Waals surface area contributed by atoms with E-state index >= 15 is 0 Å². The van der Waals surface area contributed by atoms with Gasteiger partial charge < -0.3 is 14.8 Å². The van der Waals surface area contributed by atoms with E-state index in [0.717, 1.165) is 5.52 Å². The van der Waals surface area contributed by atoms with E-state index in [2.05, 4.69) is 15.3 Å². The van der Waals surface area contributed by atoms with Gasteiger partial charge in [0.1, 0.15) is 11.5 Å². The minimum Gasteiger partial charge on any atom is -0.481 e. The van der Waals surface area contributed by atoms with Crippen LogP contribution in [0.15, 0.2) is 48.7 Å². The molecule has 6 nitrogen and oxygen atoms in total. The van der Waals surface area contributed by atoms with E-state index in [1.165, 1.54) is 0 Å². The first-order valence-electron chi connectivity index (χ1n) is 7.82. The minimum absolute atomic E-state index is 0.0783. The summed E-state index contributed by atoms with van der Waals surface area (Å²) in [7, 11) is 0. The Balaban J connectivity index is 1.48. The van der Waals surface area contributed by atoms with Gasteiger partial charge in [0, 0.05) is 18.0 Å². The Kier molecular flexibility index (Phi) is 4.11. The van der Waals surface area contributed by atoms with Gasteiger partial charge in [0.15, 0.2) is 6.10 Å². The number of aromatic nitrogens is 2. The number of carbonyl (C=O) groups excluding carboxylic acids is 1. The predicted octanol–water partition coefficient (Wildman–Crippen LogP) is 3.34. The summed E-state index contributed by atoms with van der Waals surface area (Å²) in [6.45, 7) is 0.648. The van der Waals surface area contributed by atoms with Crippen LogP contribution in [0.25, 0.3) is 11.0 Å². The summed E-state index contributed by atoms with van der Waals surface area (Å²) >= 11 is 5.98. The quantitative estimate of drug-likeness (QED) is 0.777. The lowest BCUT2D eigenvalue weighted by molar-refractivity contribution is -0.124. The lowest BCUT2D eigenvalue weighted by Crippen LogP contribution is -2.27. The highest BCUT2D eigenvalue weighted by molar-refractivity contribution is 6.31. The second-order valence-electron chi connectivity index (χ2n) is 5.60. The highest BCUT2D eigenvalue weighted by atomic mass is 35.5. The van der Waals surface area contributed by atoms with Crippen molar-refractivity contribution in [3.63, 3.8) is 0 Å². The molecule has 1 aromatic heterocycles. The summed E-state index contributed by atoms with van der Waals surface area (Å²) in [5.41, 5.74) is 1.41. The van der Waals surface area contributed by atoms with Crippen molar-refractivity contribution in [1.29, 1.82) is 0 Å². The molecule has 0 unspecified atom stereocenters. The van der Waals surface area contributed by atoms with Gasteiger partial charge in [-0.3, -0.25) is 4.79 Å². The maximum atomic E-state index is 11.5. The molecule has 126 valence electrons. The summed E-state index contributed by atoms with van der Waals surface area (Å²) < 4.78 is 11.4. The molecule has 1 fully saturated rings. The molecule has 0 radical (unpaired) electrons. The largest absolute Gasteiger partial charge is 0.481 e. The fraction of sp³-hybridized carbons (Fsp3) is 0.167. The number of fused-ring (bicyclic) bond motifs is 1. The highest BCUT2D eigenvalue weighted by Crippen LogP contribution is 2.25. The zero-order valence-electron chi connectivity index (χ0n) is 13.1. The molecule has 3 aromatic rings. The first kappa shape index (κ1) is 15.7. The average Bonchev–Trinajstić information content (AvgIpc) is 3.01. The van der Waals surface area contributed by atoms with E-state index in [9.17, 15) is 4.79 Å². The number of hydrogen-bond acceptors (Lipinski definition) is 5. The molecule has 0 spiro atoms. The molecule has 2 aromatic carbocycles. The lowest BCUT2D eigenvalue weighted by Gasteiger charge is -2.11. The SMILES string of the molecule is O=C1NCC[C@@H]1Oc1ccc(Oc2cnc3ccc(Cl)cc3n2)cc1. The van der Waals surface area contributed by atoms with Crippen LogP contribution in [0.4, 0.5) is 0 Å². The molecule has 1 atom stereocenters. The number of rotatable bonds is 4. The summed E-state index contributed by atoms with van der Waals surface area (Å²) in [5.74, 6) is 1.51. The molecule has 0 saturated carbocycles. The third-order valence-electron chi connectivity index (χ3n) is 3.80. The average molecular weight is 356 g/mol. The van der Waals surface area contributed by atoms with Gasteiger partial charge in [-0.2, -0.15) is 0 Å². The Labute approximate surface area is 148 Å². The number of nitrogens with one attached hydrogen (secondary N) is 1. The molecule has 1 aliphatic heterocycles. The molecule has 1 amide bonds. The van der Waals surface area contributed by atoms with Crippen LogP contribution in [-0.2, 0) is 4.79 Å². The zero-order chi connectivity index (χ0) is 17.2. The molecular weight excluding hydrogens is 342 g/mol. The van der Waals surface area contributed by atoms with Gasteiger partial charge in [-0.15, -0.1) is 0 Å². The van der Waals surface area contributed by atoms with Gasteiger partial charge in [-0.05, 0) is 42.5 Å². The Bertz CT molecular complexity index is 931. The first-order valence-corrected chi connectivity index (χ1v) is 8.20. The fourth-order valence-electron chi connectivity index (χ4n) is 2.57. The Morgan fingerprint density at radius 3 is 2.64 bits per heavy atom. The maximum absolute atomic E-state index is 11.5. The summed E-state index contributed by atoms with van der Waals surface area (Å²) in [5, 5.41) is 3.33. The van der Waals surface area contributed by atoms with Crippen molar-refractivity contribution in [2.75, 3.05) is 6.54 Å². The number of halogens is 1. The Morgan fingerprint density at radius 1 is 1.08 bits per heavy atom. The van der Waals surface area contributed by atoms with Gasteiger partial charge in [-0.1, -0.05) is 11.6 Å². The van der Waals surface area contributed by atoms with Crippen LogP contribution in [0.5, 0.6) is 17.4 Å². The van der Waals surface area contributed by atoms with Crippen LogP contribution < -0.4 is 14.8 Å². The van der Waals surface area contributed by atoms with E-state index in [1.54, 1.807) is 48.7 Å². The van der Waals surface area contributed by atoms with E-state index < -0.39 is 6.10 Å². The van der Waals surface area contributed by atoms with E-state index in [1.807, 2.05) is 0 Å². The minimum atomic E-state index is -0.428. The molecule has 1 aliphatic rings. The number of carbonyl (C=O) groups is 1. The fourth-order valence-corrected chi connectivity index (χ4v) is 2.74.